The van der Waals surface area contributed by atoms with E-state index in [1.165, 1.54) is 0 Å². The van der Waals surface area contributed by atoms with Crippen LogP contribution in [0.3, 0.4) is 0 Å². The number of oxazole rings is 2. The fourth-order valence-electron chi connectivity index (χ4n) is 4.70. The summed E-state index contributed by atoms with van der Waals surface area (Å²) in [6.07, 6.45) is 0.285. The van der Waals surface area contributed by atoms with Crippen molar-refractivity contribution in [1.29, 1.82) is 0 Å². The Morgan fingerprint density at radius 1 is 0.765 bits per heavy atom. The molecule has 0 aliphatic rings. The summed E-state index contributed by atoms with van der Waals surface area (Å²) in [6.45, 7) is 6.61. The molecule has 0 aliphatic carbocycles. The fourth-order valence-corrected chi connectivity index (χ4v) is 4.70. The van der Waals surface area contributed by atoms with Gasteiger partial charge in [0, 0.05) is 24.2 Å². The maximum absolute atomic E-state index is 12.6. The Kier molecular flexibility index (Phi) is 12.4. The molecule has 258 valence electrons. The monoisotopic (exact) mass is 683 g/mol. The summed E-state index contributed by atoms with van der Waals surface area (Å²) in [5, 5.41) is 0. The van der Waals surface area contributed by atoms with Gasteiger partial charge in [0.2, 0.25) is 11.8 Å². The first-order valence-electron chi connectivity index (χ1n) is 16.2. The molecule has 0 fully saturated rings. The fraction of sp³-hybridized carbons (Fsp3) is 0.171. The Morgan fingerprint density at radius 2 is 1.33 bits per heavy atom. The van der Waals surface area contributed by atoms with E-state index in [4.69, 9.17) is 23.0 Å². The van der Waals surface area contributed by atoms with Crippen LogP contribution in [-0.2, 0) is 6.54 Å². The van der Waals surface area contributed by atoms with Crippen molar-refractivity contribution in [1.82, 2.24) is 14.9 Å². The number of methoxy groups -OCH3 is 1. The molecule has 0 spiro atoms. The van der Waals surface area contributed by atoms with Crippen LogP contribution in [-0.4, -0.2) is 47.5 Å². The highest BCUT2D eigenvalue weighted by molar-refractivity contribution is 5.74. The molecule has 6 rings (SSSR count). The number of hydrogen-bond donors (Lipinski definition) is 0. The van der Waals surface area contributed by atoms with Gasteiger partial charge in [-0.25, -0.2) is 14.8 Å². The molecule has 0 aliphatic heterocycles. The number of amides is 1. The van der Waals surface area contributed by atoms with Gasteiger partial charge in [0.25, 0.3) is 0 Å². The number of carbonyl (C=O) groups excluding carboxylic acids is 2. The minimum absolute atomic E-state index is 0.210. The van der Waals surface area contributed by atoms with E-state index in [2.05, 4.69) is 21.8 Å². The molecular formula is C41H37N3O7. The maximum Gasteiger partial charge on any atom is 0.415 e. The molecule has 51 heavy (non-hydrogen) atoms. The van der Waals surface area contributed by atoms with Crippen LogP contribution in [0.1, 0.15) is 40.2 Å². The molecule has 0 radical (unpaired) electrons. The summed E-state index contributed by atoms with van der Waals surface area (Å²) in [7, 11) is 1.59. The second-order valence-electron chi connectivity index (χ2n) is 11.0. The zero-order valence-corrected chi connectivity index (χ0v) is 28.8. The van der Waals surface area contributed by atoms with E-state index in [9.17, 15) is 9.59 Å². The average molecular weight is 684 g/mol. The third kappa shape index (κ3) is 9.96. The number of benzene rings is 4. The van der Waals surface area contributed by atoms with E-state index >= 15 is 0 Å². The van der Waals surface area contributed by atoms with E-state index in [0.717, 1.165) is 16.7 Å². The lowest BCUT2D eigenvalue weighted by atomic mass is 10.2. The minimum atomic E-state index is -0.415. The molecule has 4 aromatic carbocycles. The van der Waals surface area contributed by atoms with E-state index in [0.29, 0.717) is 71.3 Å². The Balaban J connectivity index is 0.000000299. The first kappa shape index (κ1) is 35.7. The van der Waals surface area contributed by atoms with Crippen molar-refractivity contribution in [2.45, 2.75) is 27.3 Å². The van der Waals surface area contributed by atoms with Gasteiger partial charge in [0.1, 0.15) is 41.1 Å². The van der Waals surface area contributed by atoms with Crippen LogP contribution in [0, 0.1) is 25.7 Å². The standard InChI is InChI=1S/C30H28N2O5.C11H9NO2/c1-4-32(30(33)37-27-18-16-25(34-3)17-19-27)21-23-12-14-26(15-13-23)35-20-8-11-28-22(2)36-29(31-28)24-9-6-5-7-10-24;1-8-10(7-13)12-11(14-8)9-5-3-2-4-6-9/h5-7,9-10,12-19H,4,20-21H2,1-3H3;2-7H,1H3. The van der Waals surface area contributed by atoms with Crippen LogP contribution in [0.2, 0.25) is 0 Å². The summed E-state index contributed by atoms with van der Waals surface area (Å²) in [5.74, 6) is 10.1. The van der Waals surface area contributed by atoms with Gasteiger partial charge in [-0.05, 0) is 92.9 Å². The molecule has 0 saturated carbocycles. The summed E-state index contributed by atoms with van der Waals surface area (Å²) in [6, 6.07) is 33.6. The lowest BCUT2D eigenvalue weighted by Crippen LogP contribution is -2.32. The quantitative estimate of drug-likeness (QED) is 0.103. The predicted molar refractivity (Wildman–Crippen MR) is 193 cm³/mol. The number of ether oxygens (including phenoxy) is 3. The van der Waals surface area contributed by atoms with Gasteiger partial charge in [0.05, 0.1) is 7.11 Å². The van der Waals surface area contributed by atoms with Crippen molar-refractivity contribution in [3.63, 3.8) is 0 Å². The number of aryl methyl sites for hydroxylation is 2. The highest BCUT2D eigenvalue weighted by atomic mass is 16.6. The van der Waals surface area contributed by atoms with Gasteiger partial charge in [0.15, 0.2) is 12.0 Å². The molecule has 1 amide bonds. The van der Waals surface area contributed by atoms with Gasteiger partial charge < -0.3 is 27.9 Å². The van der Waals surface area contributed by atoms with Crippen molar-refractivity contribution >= 4 is 12.4 Å². The number of rotatable bonds is 10. The predicted octanol–water partition coefficient (Wildman–Crippen LogP) is 8.57. The molecule has 0 unspecified atom stereocenters. The van der Waals surface area contributed by atoms with Crippen LogP contribution >= 0.6 is 0 Å². The topological polar surface area (TPSA) is 117 Å². The Morgan fingerprint density at radius 3 is 1.90 bits per heavy atom. The second kappa shape index (κ2) is 17.7. The largest absolute Gasteiger partial charge is 0.497 e. The normalized spacial score (nSPS) is 10.2. The van der Waals surface area contributed by atoms with Crippen LogP contribution in [0.15, 0.2) is 118 Å². The van der Waals surface area contributed by atoms with Crippen molar-refractivity contribution in [2.75, 3.05) is 20.3 Å². The number of aldehydes is 1. The third-order valence-electron chi connectivity index (χ3n) is 7.50. The molecule has 10 nitrogen and oxygen atoms in total. The molecule has 0 N–H and O–H groups in total. The molecule has 2 heterocycles. The third-order valence-corrected chi connectivity index (χ3v) is 7.50. The van der Waals surface area contributed by atoms with Gasteiger partial charge in [-0.3, -0.25) is 4.79 Å². The van der Waals surface area contributed by atoms with E-state index in [1.807, 2.05) is 98.8 Å². The van der Waals surface area contributed by atoms with Gasteiger partial charge >= 0.3 is 6.09 Å². The van der Waals surface area contributed by atoms with E-state index in [1.54, 1.807) is 43.2 Å². The molecule has 2 aromatic heterocycles. The summed E-state index contributed by atoms with van der Waals surface area (Å²) < 4.78 is 27.4. The average Bonchev–Trinajstić information content (AvgIpc) is 3.75. The molecular weight excluding hydrogens is 646 g/mol. The highest BCUT2D eigenvalue weighted by Gasteiger charge is 2.15. The number of nitrogens with zero attached hydrogens (tertiary/aromatic N) is 3. The molecule has 0 bridgehead atoms. The van der Waals surface area contributed by atoms with Gasteiger partial charge in [-0.15, -0.1) is 0 Å². The summed E-state index contributed by atoms with van der Waals surface area (Å²) in [5.41, 5.74) is 3.70. The van der Waals surface area contributed by atoms with Gasteiger partial charge in [-0.2, -0.15) is 0 Å². The lowest BCUT2D eigenvalue weighted by Gasteiger charge is -2.20. The second-order valence-corrected chi connectivity index (χ2v) is 11.0. The van der Waals surface area contributed by atoms with Crippen molar-refractivity contribution in [3.05, 3.63) is 138 Å². The van der Waals surface area contributed by atoms with Gasteiger partial charge in [-0.1, -0.05) is 54.5 Å². The Bertz CT molecular complexity index is 2080. The Labute approximate surface area is 296 Å². The summed E-state index contributed by atoms with van der Waals surface area (Å²) >= 11 is 0. The molecule has 10 heteroatoms. The van der Waals surface area contributed by atoms with Crippen LogP contribution in [0.4, 0.5) is 4.79 Å². The lowest BCUT2D eigenvalue weighted by molar-refractivity contribution is 0.111. The minimum Gasteiger partial charge on any atom is -0.497 e. The first-order chi connectivity index (χ1) is 24.9. The molecule has 0 saturated heterocycles. The highest BCUT2D eigenvalue weighted by Crippen LogP contribution is 2.22. The van der Waals surface area contributed by atoms with Crippen LogP contribution in [0.5, 0.6) is 17.2 Å². The number of hydrogen-bond acceptors (Lipinski definition) is 9. The van der Waals surface area contributed by atoms with E-state index < -0.39 is 6.09 Å². The molecule has 0 atom stereocenters. The Hall–Kier alpha value is -6.60. The zero-order valence-electron chi connectivity index (χ0n) is 28.8. The first-order valence-corrected chi connectivity index (χ1v) is 16.2. The van der Waals surface area contributed by atoms with Crippen molar-refractivity contribution < 1.29 is 32.6 Å². The molecule has 6 aromatic rings. The maximum atomic E-state index is 12.6. The SMILES string of the molecule is CCN(Cc1ccc(OCC#Cc2nc(-c3ccccc3)oc2C)cc1)C(=O)Oc1ccc(OC)cc1.Cc1oc(-c2ccccc2)nc1C=O. The van der Waals surface area contributed by atoms with Crippen molar-refractivity contribution in [3.8, 4) is 52.0 Å². The van der Waals surface area contributed by atoms with Crippen molar-refractivity contribution in [2.24, 2.45) is 0 Å². The summed E-state index contributed by atoms with van der Waals surface area (Å²) in [4.78, 5) is 33.3. The number of aromatic nitrogens is 2. The van der Waals surface area contributed by atoms with Crippen LogP contribution in [0.25, 0.3) is 22.9 Å². The smallest absolute Gasteiger partial charge is 0.415 e. The van der Waals surface area contributed by atoms with Crippen LogP contribution < -0.4 is 14.2 Å². The zero-order chi connectivity index (χ0) is 36.0. The van der Waals surface area contributed by atoms with E-state index in [-0.39, 0.29) is 6.61 Å². The number of carbonyl (C=O) groups is 2.